The molecule has 1 heterocycles. The summed E-state index contributed by atoms with van der Waals surface area (Å²) < 4.78 is 5.71. The Kier molecular flexibility index (Phi) is 4.22. The molecule has 0 amide bonds. The van der Waals surface area contributed by atoms with Gasteiger partial charge < -0.3 is 9.73 Å². The summed E-state index contributed by atoms with van der Waals surface area (Å²) in [6.07, 6.45) is 12.1. The van der Waals surface area contributed by atoms with E-state index in [4.69, 9.17) is 4.42 Å². The second-order valence-electron chi connectivity index (χ2n) is 5.64. The molecule has 1 unspecified atom stereocenters. The van der Waals surface area contributed by atoms with Gasteiger partial charge in [0.05, 0.1) is 12.3 Å². The Hall–Kier alpha value is -1.54. The van der Waals surface area contributed by atoms with Crippen LogP contribution in [0.15, 0.2) is 46.6 Å². The normalized spacial score (nSPS) is 20.9. The van der Waals surface area contributed by atoms with Crippen molar-refractivity contribution in [3.05, 3.63) is 47.7 Å². The second-order valence-corrected chi connectivity index (χ2v) is 5.64. The Morgan fingerprint density at radius 1 is 1.10 bits per heavy atom. The first-order valence-electron chi connectivity index (χ1n) is 7.72. The summed E-state index contributed by atoms with van der Waals surface area (Å²) in [6.45, 7) is 0. The summed E-state index contributed by atoms with van der Waals surface area (Å²) in [5.74, 6) is 0. The number of hydrogen-bond acceptors (Lipinski definition) is 2. The molecule has 2 heteroatoms. The molecule has 1 atom stereocenters. The number of nitrogens with one attached hydrogen (secondary N) is 1. The highest BCUT2D eigenvalue weighted by Crippen LogP contribution is 2.33. The molecule has 106 valence electrons. The summed E-state index contributed by atoms with van der Waals surface area (Å²) in [4.78, 5) is 0. The number of likely N-dealkylation sites (N-methyl/N-ethyl adjacent to an activating group) is 1. The number of rotatable bonds is 3. The lowest BCUT2D eigenvalue weighted by molar-refractivity contribution is 0.561. The van der Waals surface area contributed by atoms with Gasteiger partial charge in [-0.2, -0.15) is 0 Å². The molecule has 0 spiro atoms. The largest absolute Gasteiger partial charge is 0.464 e. The molecular weight excluding hydrogens is 246 g/mol. The number of hydrogen-bond donors (Lipinski definition) is 1. The van der Waals surface area contributed by atoms with Crippen molar-refractivity contribution in [1.29, 1.82) is 0 Å². The van der Waals surface area contributed by atoms with Gasteiger partial charge in [0.2, 0.25) is 0 Å². The van der Waals surface area contributed by atoms with Crippen LogP contribution in [-0.4, -0.2) is 7.05 Å². The first kappa shape index (κ1) is 13.4. The molecule has 2 nitrogen and oxygen atoms in total. The third kappa shape index (κ3) is 2.66. The van der Waals surface area contributed by atoms with Crippen LogP contribution >= 0.6 is 0 Å². The van der Waals surface area contributed by atoms with Crippen molar-refractivity contribution >= 4 is 11.0 Å². The van der Waals surface area contributed by atoms with Crippen LogP contribution < -0.4 is 5.32 Å². The SMILES string of the molecule is CNC(/C1=C/CCCCCC1)c1coc2ccccc12. The molecule has 3 rings (SSSR count). The van der Waals surface area contributed by atoms with Crippen LogP contribution in [0.3, 0.4) is 0 Å². The van der Waals surface area contributed by atoms with Crippen LogP contribution in [-0.2, 0) is 0 Å². The van der Waals surface area contributed by atoms with Crippen molar-refractivity contribution in [1.82, 2.24) is 5.32 Å². The average molecular weight is 269 g/mol. The lowest BCUT2D eigenvalue weighted by atomic mass is 9.91. The van der Waals surface area contributed by atoms with E-state index in [-0.39, 0.29) is 6.04 Å². The van der Waals surface area contributed by atoms with Crippen molar-refractivity contribution < 1.29 is 4.42 Å². The standard InChI is InChI=1S/C18H23NO/c1-19-18(14-9-5-3-2-4-6-10-14)16-13-20-17-12-8-7-11-15(16)17/h7-9,11-13,18-19H,2-6,10H2,1H3/b14-9+. The highest BCUT2D eigenvalue weighted by Gasteiger charge is 2.19. The summed E-state index contributed by atoms with van der Waals surface area (Å²) in [6, 6.07) is 8.59. The summed E-state index contributed by atoms with van der Waals surface area (Å²) in [7, 11) is 2.05. The van der Waals surface area contributed by atoms with Gasteiger partial charge in [-0.1, -0.05) is 42.7 Å². The van der Waals surface area contributed by atoms with Crippen molar-refractivity contribution in [2.45, 2.75) is 44.6 Å². The Morgan fingerprint density at radius 2 is 1.95 bits per heavy atom. The number of benzene rings is 1. The zero-order chi connectivity index (χ0) is 13.8. The number of furan rings is 1. The van der Waals surface area contributed by atoms with E-state index in [0.717, 1.165) is 5.58 Å². The maximum Gasteiger partial charge on any atom is 0.134 e. The van der Waals surface area contributed by atoms with Crippen molar-refractivity contribution in [2.24, 2.45) is 0 Å². The molecule has 20 heavy (non-hydrogen) atoms. The van der Waals surface area contributed by atoms with Crippen LogP contribution in [0.25, 0.3) is 11.0 Å². The highest BCUT2D eigenvalue weighted by atomic mass is 16.3. The lowest BCUT2D eigenvalue weighted by Crippen LogP contribution is -2.19. The quantitative estimate of drug-likeness (QED) is 0.795. The minimum Gasteiger partial charge on any atom is -0.464 e. The van der Waals surface area contributed by atoms with Gasteiger partial charge in [-0.25, -0.2) is 0 Å². The van der Waals surface area contributed by atoms with Crippen LogP contribution in [0.1, 0.15) is 50.1 Å². The van der Waals surface area contributed by atoms with E-state index in [2.05, 4.69) is 23.5 Å². The van der Waals surface area contributed by atoms with Crippen molar-refractivity contribution in [2.75, 3.05) is 7.05 Å². The Labute approximate surface area is 120 Å². The topological polar surface area (TPSA) is 25.2 Å². The van der Waals surface area contributed by atoms with Gasteiger partial charge in [-0.3, -0.25) is 0 Å². The molecule has 0 aliphatic heterocycles. The zero-order valence-electron chi connectivity index (χ0n) is 12.2. The van der Waals surface area contributed by atoms with Crippen LogP contribution in [0, 0.1) is 0 Å². The summed E-state index contributed by atoms with van der Waals surface area (Å²) in [5, 5.41) is 4.72. The minimum absolute atomic E-state index is 0.289. The molecule has 1 aliphatic carbocycles. The first-order valence-corrected chi connectivity index (χ1v) is 7.72. The zero-order valence-corrected chi connectivity index (χ0v) is 12.2. The smallest absolute Gasteiger partial charge is 0.134 e. The third-order valence-electron chi connectivity index (χ3n) is 4.31. The van der Waals surface area contributed by atoms with Gasteiger partial charge in [0.25, 0.3) is 0 Å². The van der Waals surface area contributed by atoms with Crippen LogP contribution in [0.4, 0.5) is 0 Å². The molecule has 0 bridgehead atoms. The fraction of sp³-hybridized carbons (Fsp3) is 0.444. The Morgan fingerprint density at radius 3 is 2.85 bits per heavy atom. The molecule has 0 saturated carbocycles. The van der Waals surface area contributed by atoms with E-state index < -0.39 is 0 Å². The van der Waals surface area contributed by atoms with Gasteiger partial charge in [-0.05, 0) is 38.8 Å². The van der Waals surface area contributed by atoms with Gasteiger partial charge in [0.1, 0.15) is 5.58 Å². The monoisotopic (exact) mass is 269 g/mol. The van der Waals surface area contributed by atoms with E-state index >= 15 is 0 Å². The van der Waals surface area contributed by atoms with Crippen LogP contribution in [0.2, 0.25) is 0 Å². The van der Waals surface area contributed by atoms with E-state index in [0.29, 0.717) is 0 Å². The minimum atomic E-state index is 0.289. The summed E-state index contributed by atoms with van der Waals surface area (Å²) in [5.41, 5.74) is 3.78. The maximum absolute atomic E-state index is 5.71. The molecule has 1 aromatic carbocycles. The second kappa shape index (κ2) is 6.27. The summed E-state index contributed by atoms with van der Waals surface area (Å²) >= 11 is 0. The first-order chi connectivity index (χ1) is 9.90. The van der Waals surface area contributed by atoms with Gasteiger partial charge >= 0.3 is 0 Å². The van der Waals surface area contributed by atoms with E-state index in [1.165, 1.54) is 55.0 Å². The lowest BCUT2D eigenvalue weighted by Gasteiger charge is -2.21. The molecule has 1 aliphatic rings. The molecule has 1 aromatic heterocycles. The molecule has 2 aromatic rings. The van der Waals surface area contributed by atoms with Crippen molar-refractivity contribution in [3.8, 4) is 0 Å². The molecule has 1 N–H and O–H groups in total. The predicted molar refractivity (Wildman–Crippen MR) is 83.8 cm³/mol. The van der Waals surface area contributed by atoms with E-state index in [9.17, 15) is 0 Å². The number of fused-ring (bicyclic) bond motifs is 1. The Bertz CT molecular complexity index is 596. The molecule has 0 saturated heterocycles. The third-order valence-corrected chi connectivity index (χ3v) is 4.31. The molecule has 0 radical (unpaired) electrons. The fourth-order valence-corrected chi connectivity index (χ4v) is 3.24. The van der Waals surface area contributed by atoms with E-state index in [1.807, 2.05) is 25.4 Å². The fourth-order valence-electron chi connectivity index (χ4n) is 3.24. The number of allylic oxidation sites excluding steroid dienone is 1. The molecule has 0 fully saturated rings. The Balaban J connectivity index is 1.96. The van der Waals surface area contributed by atoms with Gasteiger partial charge in [0.15, 0.2) is 0 Å². The maximum atomic E-state index is 5.71. The average Bonchev–Trinajstić information content (AvgIpc) is 2.86. The van der Waals surface area contributed by atoms with Crippen LogP contribution in [0.5, 0.6) is 0 Å². The van der Waals surface area contributed by atoms with Gasteiger partial charge in [0, 0.05) is 10.9 Å². The number of para-hydroxylation sites is 1. The predicted octanol–water partition coefficient (Wildman–Crippen LogP) is 4.97. The van der Waals surface area contributed by atoms with Crippen molar-refractivity contribution in [3.63, 3.8) is 0 Å². The van der Waals surface area contributed by atoms with E-state index in [1.54, 1.807) is 0 Å². The molecular formula is C18H23NO. The van der Waals surface area contributed by atoms with Gasteiger partial charge in [-0.15, -0.1) is 0 Å². The highest BCUT2D eigenvalue weighted by molar-refractivity contribution is 5.81.